The lowest BCUT2D eigenvalue weighted by Crippen LogP contribution is -2.50. The average Bonchev–Trinajstić information content (AvgIpc) is 3.10. The molecule has 0 radical (unpaired) electrons. The molecule has 0 unspecified atom stereocenters. The number of benzene rings is 2. The molecule has 1 aliphatic heterocycles. The van der Waals surface area contributed by atoms with Crippen LogP contribution in [0.4, 0.5) is 16.4 Å². The van der Waals surface area contributed by atoms with Crippen molar-refractivity contribution in [3.05, 3.63) is 42.5 Å². The van der Waals surface area contributed by atoms with Crippen LogP contribution in [0, 0.1) is 0 Å². The lowest BCUT2D eigenvalue weighted by Gasteiger charge is -2.35. The second kappa shape index (κ2) is 7.90. The molecule has 2 heterocycles. The molecule has 1 aromatic heterocycles. The molecule has 2 amide bonds. The van der Waals surface area contributed by atoms with Gasteiger partial charge in [-0.15, -0.1) is 0 Å². The van der Waals surface area contributed by atoms with Crippen LogP contribution in [0.3, 0.4) is 0 Å². The van der Waals surface area contributed by atoms with Crippen molar-refractivity contribution in [3.8, 4) is 11.5 Å². The van der Waals surface area contributed by atoms with Crippen LogP contribution in [0.2, 0.25) is 0 Å². The summed E-state index contributed by atoms with van der Waals surface area (Å²) in [7, 11) is 5.19. The van der Waals surface area contributed by atoms with Gasteiger partial charge in [0.25, 0.3) is 0 Å². The third kappa shape index (κ3) is 3.65. The van der Waals surface area contributed by atoms with Crippen LogP contribution in [-0.2, 0) is 7.05 Å². The van der Waals surface area contributed by atoms with E-state index in [4.69, 9.17) is 14.5 Å². The number of ether oxygens (including phenoxy) is 2. The Balaban J connectivity index is 1.43. The number of carbonyl (C=O) groups excluding carboxylic acids is 1. The highest BCUT2D eigenvalue weighted by Crippen LogP contribution is 2.29. The van der Waals surface area contributed by atoms with E-state index in [1.54, 1.807) is 37.3 Å². The van der Waals surface area contributed by atoms with E-state index in [0.29, 0.717) is 30.3 Å². The van der Waals surface area contributed by atoms with Gasteiger partial charge in [0.05, 0.1) is 30.9 Å². The van der Waals surface area contributed by atoms with Crippen molar-refractivity contribution >= 4 is 28.7 Å². The fourth-order valence-electron chi connectivity index (χ4n) is 3.63. The zero-order chi connectivity index (χ0) is 20.4. The van der Waals surface area contributed by atoms with Crippen molar-refractivity contribution in [2.24, 2.45) is 7.05 Å². The largest absolute Gasteiger partial charge is 0.497 e. The second-order valence-electron chi connectivity index (χ2n) is 6.93. The van der Waals surface area contributed by atoms with Gasteiger partial charge in [-0.25, -0.2) is 9.78 Å². The molecule has 8 nitrogen and oxygen atoms in total. The number of rotatable bonds is 4. The summed E-state index contributed by atoms with van der Waals surface area (Å²) in [6.45, 7) is 2.67. The monoisotopic (exact) mass is 395 g/mol. The summed E-state index contributed by atoms with van der Waals surface area (Å²) < 4.78 is 12.7. The minimum absolute atomic E-state index is 0.152. The number of aryl methyl sites for hydroxylation is 1. The Labute approximate surface area is 169 Å². The predicted octanol–water partition coefficient (Wildman–Crippen LogP) is 2.94. The van der Waals surface area contributed by atoms with Crippen molar-refractivity contribution in [3.63, 3.8) is 0 Å². The number of anilines is 2. The SMILES string of the molecule is COc1ccc(OC)c(NC(=O)N2CCN(c3nc4ccccc4n3C)CC2)c1. The zero-order valence-electron chi connectivity index (χ0n) is 16.9. The first kappa shape index (κ1) is 18.9. The second-order valence-corrected chi connectivity index (χ2v) is 6.93. The molecule has 0 bridgehead atoms. The Hall–Kier alpha value is -3.42. The number of amides is 2. The number of hydrogen-bond donors (Lipinski definition) is 1. The molecule has 1 saturated heterocycles. The molecule has 0 spiro atoms. The van der Waals surface area contributed by atoms with Crippen molar-refractivity contribution < 1.29 is 14.3 Å². The summed E-state index contributed by atoms with van der Waals surface area (Å²) in [5.74, 6) is 2.19. The topological polar surface area (TPSA) is 71.9 Å². The van der Waals surface area contributed by atoms with E-state index in [1.807, 2.05) is 25.2 Å². The number of urea groups is 1. The zero-order valence-corrected chi connectivity index (χ0v) is 16.9. The highest BCUT2D eigenvalue weighted by molar-refractivity contribution is 5.91. The fraction of sp³-hybridized carbons (Fsp3) is 0.333. The van der Waals surface area contributed by atoms with Crippen LogP contribution in [0.25, 0.3) is 11.0 Å². The van der Waals surface area contributed by atoms with Gasteiger partial charge in [0.15, 0.2) is 0 Å². The van der Waals surface area contributed by atoms with Gasteiger partial charge in [-0.1, -0.05) is 12.1 Å². The van der Waals surface area contributed by atoms with Crippen LogP contribution in [0.1, 0.15) is 0 Å². The minimum atomic E-state index is -0.152. The first-order valence-corrected chi connectivity index (χ1v) is 9.55. The molecule has 8 heteroatoms. The summed E-state index contributed by atoms with van der Waals surface area (Å²) in [5, 5.41) is 2.94. The van der Waals surface area contributed by atoms with Gasteiger partial charge < -0.3 is 29.2 Å². The summed E-state index contributed by atoms with van der Waals surface area (Å²) in [6.07, 6.45) is 0. The normalized spacial score (nSPS) is 14.2. The van der Waals surface area contributed by atoms with Crippen LogP contribution < -0.4 is 19.7 Å². The lowest BCUT2D eigenvalue weighted by atomic mass is 10.2. The van der Waals surface area contributed by atoms with Gasteiger partial charge in [-0.3, -0.25) is 0 Å². The number of fused-ring (bicyclic) bond motifs is 1. The molecule has 4 rings (SSSR count). The van der Waals surface area contributed by atoms with E-state index in [0.717, 1.165) is 30.1 Å². The molecule has 0 aliphatic carbocycles. The lowest BCUT2D eigenvalue weighted by molar-refractivity contribution is 0.207. The number of imidazole rings is 1. The average molecular weight is 395 g/mol. The number of methoxy groups -OCH3 is 2. The maximum atomic E-state index is 12.8. The molecule has 0 saturated carbocycles. The smallest absolute Gasteiger partial charge is 0.322 e. The highest BCUT2D eigenvalue weighted by Gasteiger charge is 2.24. The van der Waals surface area contributed by atoms with Crippen LogP contribution >= 0.6 is 0 Å². The number of carbonyl (C=O) groups is 1. The number of piperazine rings is 1. The van der Waals surface area contributed by atoms with Crippen molar-refractivity contribution in [2.75, 3.05) is 50.6 Å². The molecule has 2 aromatic carbocycles. The van der Waals surface area contributed by atoms with Crippen LogP contribution in [0.5, 0.6) is 11.5 Å². The van der Waals surface area contributed by atoms with E-state index in [-0.39, 0.29) is 6.03 Å². The molecule has 1 aliphatic rings. The highest BCUT2D eigenvalue weighted by atomic mass is 16.5. The predicted molar refractivity (Wildman–Crippen MR) is 113 cm³/mol. The van der Waals surface area contributed by atoms with Gasteiger partial charge >= 0.3 is 6.03 Å². The summed E-state index contributed by atoms with van der Waals surface area (Å²) in [5.41, 5.74) is 2.68. The van der Waals surface area contributed by atoms with Crippen LogP contribution in [0.15, 0.2) is 42.5 Å². The van der Waals surface area contributed by atoms with E-state index < -0.39 is 0 Å². The van der Waals surface area contributed by atoms with Gasteiger partial charge in [-0.05, 0) is 24.3 Å². The van der Waals surface area contributed by atoms with E-state index in [9.17, 15) is 4.79 Å². The third-order valence-corrected chi connectivity index (χ3v) is 5.26. The molecule has 29 heavy (non-hydrogen) atoms. The molecule has 1 N–H and O–H groups in total. The first-order valence-electron chi connectivity index (χ1n) is 9.55. The van der Waals surface area contributed by atoms with Crippen molar-refractivity contribution in [1.29, 1.82) is 0 Å². The van der Waals surface area contributed by atoms with Gasteiger partial charge in [-0.2, -0.15) is 0 Å². The number of para-hydroxylation sites is 2. The van der Waals surface area contributed by atoms with E-state index >= 15 is 0 Å². The Morgan fingerprint density at radius 3 is 2.48 bits per heavy atom. The first-order chi connectivity index (χ1) is 14.1. The van der Waals surface area contributed by atoms with Gasteiger partial charge in [0.2, 0.25) is 5.95 Å². The summed E-state index contributed by atoms with van der Waals surface area (Å²) in [4.78, 5) is 21.5. The number of nitrogens with zero attached hydrogens (tertiary/aromatic N) is 4. The molecular formula is C21H25N5O3. The maximum Gasteiger partial charge on any atom is 0.322 e. The minimum Gasteiger partial charge on any atom is -0.497 e. The van der Waals surface area contributed by atoms with Gasteiger partial charge in [0.1, 0.15) is 11.5 Å². The summed E-state index contributed by atoms with van der Waals surface area (Å²) in [6, 6.07) is 13.3. The Morgan fingerprint density at radius 2 is 1.79 bits per heavy atom. The third-order valence-electron chi connectivity index (χ3n) is 5.26. The van der Waals surface area contributed by atoms with E-state index in [2.05, 4.69) is 20.9 Å². The molecule has 3 aromatic rings. The molecule has 152 valence electrons. The molecule has 1 fully saturated rings. The molecular weight excluding hydrogens is 370 g/mol. The van der Waals surface area contributed by atoms with Crippen molar-refractivity contribution in [1.82, 2.24) is 14.5 Å². The Bertz CT molecular complexity index is 1020. The molecule has 0 atom stereocenters. The van der Waals surface area contributed by atoms with Crippen molar-refractivity contribution in [2.45, 2.75) is 0 Å². The Kier molecular flexibility index (Phi) is 5.16. The number of aromatic nitrogens is 2. The number of hydrogen-bond acceptors (Lipinski definition) is 5. The Morgan fingerprint density at radius 1 is 1.03 bits per heavy atom. The number of nitrogens with one attached hydrogen (secondary N) is 1. The summed E-state index contributed by atoms with van der Waals surface area (Å²) >= 11 is 0. The quantitative estimate of drug-likeness (QED) is 0.735. The van der Waals surface area contributed by atoms with Gasteiger partial charge in [0, 0.05) is 39.3 Å². The van der Waals surface area contributed by atoms with Crippen LogP contribution in [-0.4, -0.2) is 60.9 Å². The fourth-order valence-corrected chi connectivity index (χ4v) is 3.63. The standard InChI is InChI=1S/C21H25N5O3/c1-24-18-7-5-4-6-16(18)22-20(24)25-10-12-26(13-11-25)21(27)23-17-14-15(28-2)8-9-19(17)29-3/h4-9,14H,10-13H2,1-3H3,(H,23,27). The maximum absolute atomic E-state index is 12.8. The van der Waals surface area contributed by atoms with E-state index in [1.165, 1.54) is 0 Å².